The fourth-order valence-electron chi connectivity index (χ4n) is 1.59. The number of nitrogens with one attached hydrogen (secondary N) is 1. The molecule has 5 heteroatoms. The normalized spacial score (nSPS) is 20.6. The van der Waals surface area contributed by atoms with Crippen LogP contribution < -0.4 is 5.32 Å². The van der Waals surface area contributed by atoms with Crippen molar-refractivity contribution in [2.24, 2.45) is 0 Å². The van der Waals surface area contributed by atoms with E-state index in [1.54, 1.807) is 0 Å². The number of aliphatic hydroxyl groups is 1. The van der Waals surface area contributed by atoms with Crippen LogP contribution in [0.2, 0.25) is 0 Å². The van der Waals surface area contributed by atoms with Gasteiger partial charge >= 0.3 is 5.97 Å². The smallest absolute Gasteiger partial charge is 0.324 e. The minimum absolute atomic E-state index is 0.0825. The molecular formula is C9H17NO4. The summed E-state index contributed by atoms with van der Waals surface area (Å²) in [6.07, 6.45) is 1.57. The lowest BCUT2D eigenvalue weighted by molar-refractivity contribution is -0.149. The second-order valence-electron chi connectivity index (χ2n) is 3.50. The number of carbonyl (C=O) groups is 1. The molecule has 0 spiro atoms. The fourth-order valence-corrected chi connectivity index (χ4v) is 1.59. The molecule has 1 heterocycles. The third kappa shape index (κ3) is 2.67. The predicted octanol–water partition coefficient (Wildman–Crippen LogP) is -0.408. The van der Waals surface area contributed by atoms with Crippen LogP contribution in [-0.2, 0) is 9.53 Å². The maximum Gasteiger partial charge on any atom is 0.324 e. The molecule has 0 saturated carbocycles. The lowest BCUT2D eigenvalue weighted by atomic mass is 9.90. The van der Waals surface area contributed by atoms with E-state index in [0.717, 1.165) is 0 Å². The van der Waals surface area contributed by atoms with Crippen molar-refractivity contribution in [3.05, 3.63) is 0 Å². The monoisotopic (exact) mass is 203 g/mol. The predicted molar refractivity (Wildman–Crippen MR) is 50.1 cm³/mol. The van der Waals surface area contributed by atoms with E-state index < -0.39 is 11.5 Å². The molecule has 0 radical (unpaired) electrons. The molecule has 0 amide bonds. The molecule has 1 rings (SSSR count). The molecule has 0 aromatic heterocycles. The number of aliphatic hydroxyl groups excluding tert-OH is 1. The van der Waals surface area contributed by atoms with E-state index in [4.69, 9.17) is 14.9 Å². The summed E-state index contributed by atoms with van der Waals surface area (Å²) in [5.41, 5.74) is -0.840. The number of rotatable bonds is 5. The molecule has 1 saturated heterocycles. The van der Waals surface area contributed by atoms with Gasteiger partial charge < -0.3 is 20.3 Å². The van der Waals surface area contributed by atoms with Gasteiger partial charge in [0.1, 0.15) is 5.54 Å². The summed E-state index contributed by atoms with van der Waals surface area (Å²) in [7, 11) is 0. The van der Waals surface area contributed by atoms with Crippen LogP contribution in [0.4, 0.5) is 0 Å². The first-order valence-electron chi connectivity index (χ1n) is 4.88. The van der Waals surface area contributed by atoms with Gasteiger partial charge in [-0.2, -0.15) is 0 Å². The van der Waals surface area contributed by atoms with E-state index in [2.05, 4.69) is 5.32 Å². The van der Waals surface area contributed by atoms with E-state index in [0.29, 0.717) is 39.0 Å². The van der Waals surface area contributed by atoms with Gasteiger partial charge in [0, 0.05) is 19.8 Å². The summed E-state index contributed by atoms with van der Waals surface area (Å²) in [4.78, 5) is 11.1. The molecule has 3 N–H and O–H groups in total. The van der Waals surface area contributed by atoms with Crippen molar-refractivity contribution in [2.75, 3.05) is 26.4 Å². The molecule has 1 aliphatic heterocycles. The van der Waals surface area contributed by atoms with Crippen molar-refractivity contribution in [1.29, 1.82) is 0 Å². The van der Waals surface area contributed by atoms with Crippen LogP contribution in [0.1, 0.15) is 19.3 Å². The first-order valence-corrected chi connectivity index (χ1v) is 4.88. The van der Waals surface area contributed by atoms with Crippen LogP contribution in [0, 0.1) is 0 Å². The van der Waals surface area contributed by atoms with Crippen LogP contribution in [0.15, 0.2) is 0 Å². The van der Waals surface area contributed by atoms with Gasteiger partial charge in [-0.3, -0.25) is 4.79 Å². The van der Waals surface area contributed by atoms with E-state index >= 15 is 0 Å². The molecule has 0 unspecified atom stereocenters. The second kappa shape index (κ2) is 5.29. The van der Waals surface area contributed by atoms with Gasteiger partial charge in [0.2, 0.25) is 0 Å². The Balaban J connectivity index is 2.47. The number of aliphatic carboxylic acids is 1. The van der Waals surface area contributed by atoms with Crippen molar-refractivity contribution < 1.29 is 19.7 Å². The van der Waals surface area contributed by atoms with Gasteiger partial charge in [0.25, 0.3) is 0 Å². The Morgan fingerprint density at radius 2 is 2.07 bits per heavy atom. The topological polar surface area (TPSA) is 78.8 Å². The summed E-state index contributed by atoms with van der Waals surface area (Å²) in [6, 6.07) is 0. The maximum absolute atomic E-state index is 11.1. The van der Waals surface area contributed by atoms with Gasteiger partial charge in [0.15, 0.2) is 0 Å². The van der Waals surface area contributed by atoms with Gasteiger partial charge in [-0.1, -0.05) is 0 Å². The Bertz CT molecular complexity index is 189. The van der Waals surface area contributed by atoms with E-state index in [-0.39, 0.29) is 6.61 Å². The van der Waals surface area contributed by atoms with Gasteiger partial charge in [-0.25, -0.2) is 0 Å². The largest absolute Gasteiger partial charge is 0.480 e. The Labute approximate surface area is 83.1 Å². The highest BCUT2D eigenvalue weighted by Crippen LogP contribution is 2.20. The Hall–Kier alpha value is -0.650. The minimum Gasteiger partial charge on any atom is -0.480 e. The van der Waals surface area contributed by atoms with E-state index in [1.807, 2.05) is 0 Å². The number of ether oxygens (including phenoxy) is 1. The third-order valence-electron chi connectivity index (χ3n) is 2.55. The van der Waals surface area contributed by atoms with Crippen LogP contribution in [0.25, 0.3) is 0 Å². The highest BCUT2D eigenvalue weighted by Gasteiger charge is 2.39. The first kappa shape index (κ1) is 11.4. The molecule has 0 atom stereocenters. The lowest BCUT2D eigenvalue weighted by Crippen LogP contribution is -2.55. The molecular weight excluding hydrogens is 186 g/mol. The number of hydrogen-bond acceptors (Lipinski definition) is 4. The third-order valence-corrected chi connectivity index (χ3v) is 2.55. The van der Waals surface area contributed by atoms with Crippen molar-refractivity contribution in [2.45, 2.75) is 24.8 Å². The molecule has 82 valence electrons. The van der Waals surface area contributed by atoms with Gasteiger partial charge in [0.05, 0.1) is 0 Å². The Morgan fingerprint density at radius 1 is 1.43 bits per heavy atom. The zero-order valence-corrected chi connectivity index (χ0v) is 8.16. The fraction of sp³-hybridized carbons (Fsp3) is 0.889. The Morgan fingerprint density at radius 3 is 2.57 bits per heavy atom. The molecule has 1 aliphatic rings. The summed E-state index contributed by atoms with van der Waals surface area (Å²) < 4.78 is 5.13. The summed E-state index contributed by atoms with van der Waals surface area (Å²) in [5.74, 6) is -0.821. The lowest BCUT2D eigenvalue weighted by Gasteiger charge is -2.34. The molecule has 1 fully saturated rings. The zero-order chi connectivity index (χ0) is 10.4. The van der Waals surface area contributed by atoms with Crippen molar-refractivity contribution in [3.8, 4) is 0 Å². The second-order valence-corrected chi connectivity index (χ2v) is 3.50. The van der Waals surface area contributed by atoms with Gasteiger partial charge in [-0.15, -0.1) is 0 Å². The average Bonchev–Trinajstić information content (AvgIpc) is 2.19. The van der Waals surface area contributed by atoms with Crippen LogP contribution in [-0.4, -0.2) is 48.1 Å². The SMILES string of the molecule is O=C(O)C1(NCCCO)CCOCC1. The van der Waals surface area contributed by atoms with E-state index in [9.17, 15) is 4.79 Å². The molecule has 0 aliphatic carbocycles. The standard InChI is InChI=1S/C9H17NO4/c11-5-1-4-10-9(8(12)13)2-6-14-7-3-9/h10-11H,1-7H2,(H,12,13). The Kier molecular flexibility index (Phi) is 4.31. The zero-order valence-electron chi connectivity index (χ0n) is 8.16. The van der Waals surface area contributed by atoms with Crippen LogP contribution >= 0.6 is 0 Å². The molecule has 0 aromatic carbocycles. The molecule has 0 aromatic rings. The average molecular weight is 203 g/mol. The highest BCUT2D eigenvalue weighted by molar-refractivity contribution is 5.78. The molecule has 14 heavy (non-hydrogen) atoms. The summed E-state index contributed by atoms with van der Waals surface area (Å²) in [6.45, 7) is 1.58. The first-order chi connectivity index (χ1) is 6.71. The van der Waals surface area contributed by atoms with Crippen molar-refractivity contribution >= 4 is 5.97 Å². The minimum atomic E-state index is -0.840. The number of hydrogen-bond donors (Lipinski definition) is 3. The van der Waals surface area contributed by atoms with E-state index in [1.165, 1.54) is 0 Å². The number of carboxylic acid groups (broad SMARTS) is 1. The van der Waals surface area contributed by atoms with Crippen LogP contribution in [0.5, 0.6) is 0 Å². The maximum atomic E-state index is 11.1. The highest BCUT2D eigenvalue weighted by atomic mass is 16.5. The molecule has 5 nitrogen and oxygen atoms in total. The summed E-state index contributed by atoms with van der Waals surface area (Å²) in [5, 5.41) is 20.7. The van der Waals surface area contributed by atoms with Crippen molar-refractivity contribution in [3.63, 3.8) is 0 Å². The van der Waals surface area contributed by atoms with Gasteiger partial charge in [-0.05, 0) is 25.8 Å². The quantitative estimate of drug-likeness (QED) is 0.529. The number of carboxylic acids is 1. The summed E-state index contributed by atoms with van der Waals surface area (Å²) >= 11 is 0. The van der Waals surface area contributed by atoms with Crippen LogP contribution in [0.3, 0.4) is 0 Å². The molecule has 0 bridgehead atoms. The van der Waals surface area contributed by atoms with Crippen molar-refractivity contribution in [1.82, 2.24) is 5.32 Å².